The molecule has 0 saturated carbocycles. The van der Waals surface area contributed by atoms with Crippen LogP contribution in [0.4, 0.5) is 9.59 Å². The Morgan fingerprint density at radius 3 is 0.775 bits per heavy atom. The van der Waals surface area contributed by atoms with E-state index >= 15 is 0 Å². The summed E-state index contributed by atoms with van der Waals surface area (Å²) in [4.78, 5) is 32.6. The van der Waals surface area contributed by atoms with Gasteiger partial charge >= 0.3 is 12.1 Å². The average Bonchev–Trinajstić information content (AvgIpc) is 2.96. The summed E-state index contributed by atoms with van der Waals surface area (Å²) < 4.78 is 0. The molecule has 5 nitrogen and oxygen atoms in total. The molecule has 0 N–H and O–H groups in total. The maximum Gasteiger partial charge on any atom is 0.327 e. The number of nitrogens with zero attached hydrogens (tertiary/aromatic N) is 3. The first-order chi connectivity index (χ1) is 19.5. The highest BCUT2D eigenvalue weighted by Gasteiger charge is 2.26. The van der Waals surface area contributed by atoms with Gasteiger partial charge in [0, 0.05) is 33.2 Å². The largest absolute Gasteiger partial charge is 0.327 e. The molecule has 0 aliphatic carbocycles. The first-order valence-electron chi connectivity index (χ1n) is 17.8. The Morgan fingerprint density at radius 1 is 0.350 bits per heavy atom. The lowest BCUT2D eigenvalue weighted by Gasteiger charge is -2.32. The number of hydrogen-bond acceptors (Lipinski definition) is 2. The molecule has 0 fully saturated rings. The second kappa shape index (κ2) is 29.2. The normalized spacial score (nSPS) is 11.1. The molecule has 0 rings (SSSR count). The fourth-order valence-corrected chi connectivity index (χ4v) is 5.44. The molecule has 40 heavy (non-hydrogen) atoms. The first-order valence-corrected chi connectivity index (χ1v) is 17.8. The summed E-state index contributed by atoms with van der Waals surface area (Å²) in [7, 11) is 1.72. The lowest BCUT2D eigenvalue weighted by molar-refractivity contribution is 0.139. The maximum absolute atomic E-state index is 13.6. The van der Waals surface area contributed by atoms with Gasteiger partial charge < -0.3 is 9.80 Å². The van der Waals surface area contributed by atoms with Gasteiger partial charge in [-0.1, -0.05) is 156 Å². The van der Waals surface area contributed by atoms with Gasteiger partial charge in [-0.2, -0.15) is 0 Å². The molecule has 0 aromatic carbocycles. The molecule has 0 aliphatic heterocycles. The molecule has 0 heterocycles. The molecule has 0 bridgehead atoms. The molecular formula is C35H71N3O2. The zero-order chi connectivity index (χ0) is 29.7. The molecule has 238 valence electrons. The van der Waals surface area contributed by atoms with Crippen LogP contribution in [0, 0.1) is 0 Å². The molecule has 0 aromatic heterocycles. The van der Waals surface area contributed by atoms with Gasteiger partial charge in [-0.15, -0.1) is 0 Å². The van der Waals surface area contributed by atoms with Crippen LogP contribution >= 0.6 is 0 Å². The van der Waals surface area contributed by atoms with Crippen molar-refractivity contribution >= 4 is 12.1 Å². The Kier molecular flexibility index (Phi) is 28.3. The van der Waals surface area contributed by atoms with Crippen LogP contribution in [0.5, 0.6) is 0 Å². The van der Waals surface area contributed by atoms with E-state index in [1.165, 1.54) is 133 Å². The average molecular weight is 566 g/mol. The van der Waals surface area contributed by atoms with E-state index < -0.39 is 0 Å². The van der Waals surface area contributed by atoms with Crippen molar-refractivity contribution < 1.29 is 9.59 Å². The van der Waals surface area contributed by atoms with Gasteiger partial charge in [-0.3, -0.25) is 0 Å². The minimum absolute atomic E-state index is 0.0944. The van der Waals surface area contributed by atoms with Gasteiger partial charge in [0.15, 0.2) is 0 Å². The van der Waals surface area contributed by atoms with E-state index in [1.54, 1.807) is 7.05 Å². The summed E-state index contributed by atoms with van der Waals surface area (Å²) in [6.45, 7) is 12.1. The highest BCUT2D eigenvalue weighted by atomic mass is 16.2. The zero-order valence-corrected chi connectivity index (χ0v) is 28.0. The quantitative estimate of drug-likeness (QED) is 0.0885. The molecule has 0 aliphatic rings. The van der Waals surface area contributed by atoms with Crippen molar-refractivity contribution in [3.05, 3.63) is 0 Å². The summed E-state index contributed by atoms with van der Waals surface area (Å²) in [6.07, 6.45) is 29.1. The van der Waals surface area contributed by atoms with Gasteiger partial charge in [0.1, 0.15) is 0 Å². The van der Waals surface area contributed by atoms with Gasteiger partial charge in [0.25, 0.3) is 0 Å². The van der Waals surface area contributed by atoms with Crippen LogP contribution in [0.2, 0.25) is 0 Å². The Bertz CT molecular complexity index is 489. The Labute approximate surface area is 251 Å². The van der Waals surface area contributed by atoms with Crippen LogP contribution < -0.4 is 0 Å². The van der Waals surface area contributed by atoms with Crippen LogP contribution in [0.15, 0.2) is 0 Å². The third-order valence-corrected chi connectivity index (χ3v) is 8.24. The Balaban J connectivity index is 5.06. The van der Waals surface area contributed by atoms with Crippen LogP contribution in [0.25, 0.3) is 0 Å². The molecular weight excluding hydrogens is 494 g/mol. The maximum atomic E-state index is 13.6. The zero-order valence-electron chi connectivity index (χ0n) is 28.0. The standard InChI is InChI=1S/C35H71N3O2/c1-6-10-14-18-22-26-30-37(31-27-23-19-15-11-7-2)34(39)36(5)35(40)38(32-28-24-20-16-12-8-3)33-29-25-21-17-13-9-4/h6-33H2,1-5H3. The van der Waals surface area contributed by atoms with Crippen molar-refractivity contribution in [1.82, 2.24) is 14.7 Å². The fourth-order valence-electron chi connectivity index (χ4n) is 5.44. The third-order valence-electron chi connectivity index (χ3n) is 8.24. The topological polar surface area (TPSA) is 43.9 Å². The Morgan fingerprint density at radius 2 is 0.550 bits per heavy atom. The lowest BCUT2D eigenvalue weighted by atomic mass is 10.1. The highest BCUT2D eigenvalue weighted by molar-refractivity contribution is 5.93. The van der Waals surface area contributed by atoms with Crippen LogP contribution in [0.1, 0.15) is 182 Å². The minimum Gasteiger partial charge on any atom is -0.324 e. The summed E-state index contributed by atoms with van der Waals surface area (Å²) in [5, 5.41) is 0. The number of unbranched alkanes of at least 4 members (excludes halogenated alkanes) is 20. The van der Waals surface area contributed by atoms with Crippen molar-refractivity contribution in [1.29, 1.82) is 0 Å². The molecule has 0 spiro atoms. The SMILES string of the molecule is CCCCCCCCN(CCCCCCCC)C(=O)N(C)C(=O)N(CCCCCCCC)CCCCCCCC. The van der Waals surface area contributed by atoms with Crippen LogP contribution in [-0.2, 0) is 0 Å². The molecule has 0 unspecified atom stereocenters. The highest BCUT2D eigenvalue weighted by Crippen LogP contribution is 2.14. The number of rotatable bonds is 28. The van der Waals surface area contributed by atoms with Crippen molar-refractivity contribution in [2.45, 2.75) is 182 Å². The smallest absolute Gasteiger partial charge is 0.324 e. The van der Waals surface area contributed by atoms with Crippen molar-refractivity contribution in [3.63, 3.8) is 0 Å². The predicted octanol–water partition coefficient (Wildman–Crippen LogP) is 11.2. The molecule has 4 amide bonds. The van der Waals surface area contributed by atoms with E-state index in [0.29, 0.717) is 0 Å². The Hall–Kier alpha value is -1.26. The minimum atomic E-state index is -0.0944. The fraction of sp³-hybridized carbons (Fsp3) is 0.943. The lowest BCUT2D eigenvalue weighted by Crippen LogP contribution is -2.50. The van der Waals surface area contributed by atoms with E-state index in [2.05, 4.69) is 27.7 Å². The summed E-state index contributed by atoms with van der Waals surface area (Å²) in [6, 6.07) is -0.189. The summed E-state index contributed by atoms with van der Waals surface area (Å²) in [5.74, 6) is 0. The second-order valence-corrected chi connectivity index (χ2v) is 12.2. The van der Waals surface area contributed by atoms with Crippen molar-refractivity contribution in [2.24, 2.45) is 0 Å². The predicted molar refractivity (Wildman–Crippen MR) is 175 cm³/mol. The van der Waals surface area contributed by atoms with E-state index in [1.807, 2.05) is 9.80 Å². The number of imide groups is 1. The molecule has 0 radical (unpaired) electrons. The second-order valence-electron chi connectivity index (χ2n) is 12.2. The first kappa shape index (κ1) is 38.7. The number of carbonyl (C=O) groups excluding carboxylic acids is 2. The van der Waals surface area contributed by atoms with E-state index in [0.717, 1.165) is 51.9 Å². The van der Waals surface area contributed by atoms with Gasteiger partial charge in [-0.25, -0.2) is 14.5 Å². The van der Waals surface area contributed by atoms with Crippen molar-refractivity contribution in [2.75, 3.05) is 33.2 Å². The van der Waals surface area contributed by atoms with Crippen LogP contribution in [-0.4, -0.2) is 60.0 Å². The van der Waals surface area contributed by atoms with Gasteiger partial charge in [0.05, 0.1) is 0 Å². The summed E-state index contributed by atoms with van der Waals surface area (Å²) in [5.41, 5.74) is 0. The monoisotopic (exact) mass is 566 g/mol. The molecule has 0 saturated heterocycles. The van der Waals surface area contributed by atoms with Gasteiger partial charge in [-0.05, 0) is 25.7 Å². The van der Waals surface area contributed by atoms with E-state index in [-0.39, 0.29) is 12.1 Å². The van der Waals surface area contributed by atoms with Crippen molar-refractivity contribution in [3.8, 4) is 0 Å². The van der Waals surface area contributed by atoms with E-state index in [4.69, 9.17) is 0 Å². The van der Waals surface area contributed by atoms with E-state index in [9.17, 15) is 9.59 Å². The number of hydrogen-bond donors (Lipinski definition) is 0. The number of urea groups is 2. The summed E-state index contributed by atoms with van der Waals surface area (Å²) >= 11 is 0. The van der Waals surface area contributed by atoms with Crippen LogP contribution in [0.3, 0.4) is 0 Å². The van der Waals surface area contributed by atoms with Gasteiger partial charge in [0.2, 0.25) is 0 Å². The molecule has 0 aromatic rings. The third kappa shape index (κ3) is 21.5. The number of carbonyl (C=O) groups is 2. The molecule has 5 heteroatoms. The number of amides is 4. The molecule has 0 atom stereocenters.